The summed E-state index contributed by atoms with van der Waals surface area (Å²) < 4.78 is 26.9. The quantitative estimate of drug-likeness (QED) is 0.230. The van der Waals surface area contributed by atoms with Crippen LogP contribution in [-0.4, -0.2) is 106 Å². The van der Waals surface area contributed by atoms with Crippen LogP contribution in [0.25, 0.3) is 0 Å². The summed E-state index contributed by atoms with van der Waals surface area (Å²) in [4.78, 5) is 76.0. The van der Waals surface area contributed by atoms with Crippen LogP contribution in [0.2, 0.25) is 0 Å². The van der Waals surface area contributed by atoms with Gasteiger partial charge in [0.25, 0.3) is 0 Å². The topological polar surface area (TPSA) is 212 Å². The second-order valence-corrected chi connectivity index (χ2v) is 11.7. The number of aliphatic hydroxyl groups is 1. The molecular formula is C30H33NO14. The van der Waals surface area contributed by atoms with Gasteiger partial charge in [0, 0.05) is 31.9 Å². The molecule has 1 aromatic carbocycles. The lowest BCUT2D eigenvalue weighted by atomic mass is 9.50. The van der Waals surface area contributed by atoms with Crippen molar-refractivity contribution in [2.24, 2.45) is 0 Å². The number of phenols is 1. The first-order valence-electron chi connectivity index (χ1n) is 14.2. The van der Waals surface area contributed by atoms with Gasteiger partial charge in [-0.25, -0.2) is 9.59 Å². The molecule has 2 bridgehead atoms. The van der Waals surface area contributed by atoms with Crippen LogP contribution >= 0.6 is 0 Å². The molecule has 0 amide bonds. The van der Waals surface area contributed by atoms with E-state index in [1.54, 1.807) is 6.07 Å². The first kappa shape index (κ1) is 31.9. The summed E-state index contributed by atoms with van der Waals surface area (Å²) in [6, 6.07) is 2.93. The highest BCUT2D eigenvalue weighted by Gasteiger charge is 2.72. The smallest absolute Gasteiger partial charge is 0.357 e. The molecule has 0 radical (unpaired) electrons. The van der Waals surface area contributed by atoms with E-state index in [0.29, 0.717) is 24.9 Å². The third kappa shape index (κ3) is 5.19. The maximum absolute atomic E-state index is 13.7. The molecule has 2 aliphatic carbocycles. The number of Topliss-reactive ketones (excluding diaryl/α,β-unsaturated/α-hetero) is 1. The molecule has 1 saturated heterocycles. The van der Waals surface area contributed by atoms with Crippen molar-refractivity contribution in [2.75, 3.05) is 13.6 Å². The number of likely N-dealkylation sites (N-methyl/N-ethyl adjacent to an activating group) is 1. The zero-order valence-corrected chi connectivity index (χ0v) is 24.9. The van der Waals surface area contributed by atoms with Gasteiger partial charge in [-0.2, -0.15) is 0 Å². The molecule has 15 heteroatoms. The summed E-state index contributed by atoms with van der Waals surface area (Å²) >= 11 is 0. The maximum atomic E-state index is 13.7. The first-order chi connectivity index (χ1) is 21.1. The fourth-order valence-corrected chi connectivity index (χ4v) is 7.07. The second kappa shape index (κ2) is 11.5. The van der Waals surface area contributed by atoms with Crippen LogP contribution in [0.1, 0.15) is 51.2 Å². The van der Waals surface area contributed by atoms with Crippen molar-refractivity contribution in [2.45, 2.75) is 87.9 Å². The van der Waals surface area contributed by atoms with Crippen LogP contribution in [-0.2, 0) is 59.6 Å². The highest BCUT2D eigenvalue weighted by molar-refractivity contribution is 5.92. The summed E-state index contributed by atoms with van der Waals surface area (Å²) in [5.41, 5.74) is -1.03. The van der Waals surface area contributed by atoms with Gasteiger partial charge < -0.3 is 43.9 Å². The van der Waals surface area contributed by atoms with Gasteiger partial charge in [0.2, 0.25) is 12.2 Å². The molecule has 15 nitrogen and oxygen atoms in total. The van der Waals surface area contributed by atoms with Crippen LogP contribution in [0.5, 0.6) is 11.5 Å². The van der Waals surface area contributed by atoms with Crippen LogP contribution in [0.3, 0.4) is 0 Å². The Morgan fingerprint density at radius 3 is 2.27 bits per heavy atom. The first-order valence-corrected chi connectivity index (χ1v) is 14.2. The standard InChI is InChI=1S/C30H33NO14/c1-13(32)19(12-21(36)37)44-28(39)25(42-15(3)34)24(41-14(2)33)27(38)43-18-7-8-30(40)20-11-16-5-6-17(35)23-22(16)29(30,26(18)45-23)9-10-31(20)4/h5-7,19-20,24-26,35,40H,8-12H2,1-4H3,(H,36,37)/t19-,20+,24+,25+,26-,29-,30+/m0/s1. The van der Waals surface area contributed by atoms with E-state index in [0.717, 1.165) is 26.3 Å². The van der Waals surface area contributed by atoms with Crippen LogP contribution < -0.4 is 4.74 Å². The summed E-state index contributed by atoms with van der Waals surface area (Å²) in [7, 11) is 1.90. The van der Waals surface area contributed by atoms with E-state index >= 15 is 0 Å². The molecule has 0 saturated carbocycles. The number of ether oxygens (including phenoxy) is 5. The number of phenolic OH excluding ortho intramolecular Hbond substituents is 1. The summed E-state index contributed by atoms with van der Waals surface area (Å²) in [5.74, 6) is -7.54. The lowest BCUT2D eigenvalue weighted by Gasteiger charge is -2.61. The summed E-state index contributed by atoms with van der Waals surface area (Å²) in [6.07, 6.45) is -6.05. The Bertz CT molecular complexity index is 1520. The number of rotatable bonds is 10. The Morgan fingerprint density at radius 1 is 1.02 bits per heavy atom. The highest BCUT2D eigenvalue weighted by Crippen LogP contribution is 2.65. The van der Waals surface area contributed by atoms with Gasteiger partial charge in [0.1, 0.15) is 5.76 Å². The summed E-state index contributed by atoms with van der Waals surface area (Å²) in [5, 5.41) is 32.1. The lowest BCUT2D eigenvalue weighted by Crippen LogP contribution is -2.74. The summed E-state index contributed by atoms with van der Waals surface area (Å²) in [6.45, 7) is 3.33. The Labute approximate surface area is 256 Å². The molecule has 1 aromatic rings. The van der Waals surface area contributed by atoms with Crippen LogP contribution in [0, 0.1) is 0 Å². The molecule has 0 unspecified atom stereocenters. The number of piperidine rings is 1. The number of aromatic hydroxyl groups is 1. The van der Waals surface area contributed by atoms with E-state index in [4.69, 9.17) is 28.8 Å². The Hall–Kier alpha value is -4.50. The maximum Gasteiger partial charge on any atom is 0.357 e. The number of esters is 4. The molecule has 45 heavy (non-hydrogen) atoms. The minimum absolute atomic E-state index is 0.0160. The fourth-order valence-electron chi connectivity index (χ4n) is 7.07. The molecule has 242 valence electrons. The van der Waals surface area contributed by atoms with Crippen LogP contribution in [0.15, 0.2) is 24.0 Å². The monoisotopic (exact) mass is 631 g/mol. The molecule has 1 fully saturated rings. The minimum Gasteiger partial charge on any atom is -0.504 e. The van der Waals surface area contributed by atoms with E-state index in [-0.39, 0.29) is 29.7 Å². The predicted octanol–water partition coefficient (Wildman–Crippen LogP) is 0.0520. The molecule has 4 aliphatic rings. The van der Waals surface area contributed by atoms with E-state index in [2.05, 4.69) is 0 Å². The number of likely N-dealkylation sites (tertiary alicyclic amines) is 1. The zero-order valence-electron chi connectivity index (χ0n) is 24.9. The molecule has 7 atom stereocenters. The van der Waals surface area contributed by atoms with Crippen molar-refractivity contribution in [3.05, 3.63) is 35.1 Å². The SMILES string of the molecule is CC(=O)O[C@@H](C(=O)OC1=CC[C@@]2(O)[C@H]3Cc4ccc(O)c5c4[C@@]2(CCN3C)[C@H]1O5)[C@@H](OC(C)=O)C(=O)O[C@@H](CC(=O)O)C(C)=O. The number of carbonyl (C=O) groups is 6. The van der Waals surface area contributed by atoms with E-state index < -0.39 is 77.5 Å². The number of aliphatic carboxylic acids is 1. The van der Waals surface area contributed by atoms with Gasteiger partial charge in [-0.15, -0.1) is 0 Å². The largest absolute Gasteiger partial charge is 0.504 e. The second-order valence-electron chi connectivity index (χ2n) is 11.7. The van der Waals surface area contributed by atoms with Gasteiger partial charge in [-0.3, -0.25) is 19.2 Å². The number of hydrogen-bond donors (Lipinski definition) is 3. The Morgan fingerprint density at radius 2 is 1.67 bits per heavy atom. The van der Waals surface area contributed by atoms with Gasteiger partial charge in [-0.1, -0.05) is 6.07 Å². The lowest BCUT2D eigenvalue weighted by molar-refractivity contribution is -0.194. The minimum atomic E-state index is -2.28. The zero-order chi connectivity index (χ0) is 33.0. The van der Waals surface area contributed by atoms with Crippen LogP contribution in [0.4, 0.5) is 0 Å². The number of nitrogens with zero attached hydrogens (tertiary/aromatic N) is 1. The highest BCUT2D eigenvalue weighted by atomic mass is 16.6. The van der Waals surface area contributed by atoms with Gasteiger partial charge in [-0.05, 0) is 51.1 Å². The number of carboxylic acid groups (broad SMARTS) is 1. The van der Waals surface area contributed by atoms with Gasteiger partial charge >= 0.3 is 29.8 Å². The number of ketones is 1. The Balaban J connectivity index is 1.49. The normalized spacial score (nSPS) is 27.8. The average Bonchev–Trinajstić information content (AvgIpc) is 3.30. The van der Waals surface area contributed by atoms with E-state index in [9.17, 15) is 39.0 Å². The molecule has 1 spiro atoms. The number of hydrogen-bond acceptors (Lipinski definition) is 14. The average molecular weight is 632 g/mol. The molecule has 2 heterocycles. The predicted molar refractivity (Wildman–Crippen MR) is 147 cm³/mol. The van der Waals surface area contributed by atoms with Crippen molar-refractivity contribution in [1.82, 2.24) is 4.90 Å². The third-order valence-electron chi connectivity index (χ3n) is 8.97. The van der Waals surface area contributed by atoms with Gasteiger partial charge in [0.05, 0.1) is 17.4 Å². The van der Waals surface area contributed by atoms with E-state index in [1.807, 2.05) is 11.9 Å². The molecular weight excluding hydrogens is 598 g/mol. The number of benzene rings is 1. The van der Waals surface area contributed by atoms with Crippen molar-refractivity contribution in [3.63, 3.8) is 0 Å². The number of carboxylic acids is 1. The molecule has 2 aliphatic heterocycles. The third-order valence-corrected chi connectivity index (χ3v) is 8.97. The number of carbonyl (C=O) groups excluding carboxylic acids is 5. The van der Waals surface area contributed by atoms with Crippen molar-refractivity contribution < 1.29 is 67.8 Å². The molecule has 3 N–H and O–H groups in total. The molecule has 0 aromatic heterocycles. The van der Waals surface area contributed by atoms with E-state index in [1.165, 1.54) is 12.1 Å². The van der Waals surface area contributed by atoms with Crippen molar-refractivity contribution >= 4 is 35.6 Å². The fraction of sp³-hybridized carbons (Fsp3) is 0.533. The van der Waals surface area contributed by atoms with Crippen molar-refractivity contribution in [1.29, 1.82) is 0 Å². The Kier molecular flexibility index (Phi) is 8.12. The van der Waals surface area contributed by atoms with Crippen molar-refractivity contribution in [3.8, 4) is 11.5 Å². The molecule has 5 rings (SSSR count). The van der Waals surface area contributed by atoms with Gasteiger partial charge in [0.15, 0.2) is 29.5 Å².